The Morgan fingerprint density at radius 2 is 1.85 bits per heavy atom. The van der Waals surface area contributed by atoms with Crippen LogP contribution in [0.15, 0.2) is 0 Å². The van der Waals surface area contributed by atoms with Crippen LogP contribution in [0, 0.1) is 5.92 Å². The van der Waals surface area contributed by atoms with Gasteiger partial charge in [-0.2, -0.15) is 0 Å². The molecule has 1 saturated carbocycles. The fourth-order valence-corrected chi connectivity index (χ4v) is 3.76. The molecule has 0 bridgehead atoms. The molecule has 0 aromatic carbocycles. The number of hydrogen-bond acceptors (Lipinski definition) is 3. The number of ether oxygens (including phenoxy) is 1. The summed E-state index contributed by atoms with van der Waals surface area (Å²) in [6.07, 6.45) is 7.12. The molecule has 3 rings (SSSR count). The molecule has 2 heterocycles. The Bertz CT molecular complexity index is 356. The Morgan fingerprint density at radius 3 is 2.50 bits per heavy atom. The van der Waals surface area contributed by atoms with Gasteiger partial charge in [-0.05, 0) is 65.0 Å². The SMILES string of the molecule is C[C@H](OCC1CC1)C(=O)N1CCC[C@@H]1[C@H]1CCCN1C. The molecule has 4 heteroatoms. The Balaban J connectivity index is 1.57. The van der Waals surface area contributed by atoms with Crippen LogP contribution in [0.25, 0.3) is 0 Å². The molecule has 20 heavy (non-hydrogen) atoms. The van der Waals surface area contributed by atoms with Crippen molar-refractivity contribution in [1.82, 2.24) is 9.80 Å². The Kier molecular flexibility index (Phi) is 4.32. The van der Waals surface area contributed by atoms with Crippen molar-refractivity contribution < 1.29 is 9.53 Å². The highest BCUT2D eigenvalue weighted by Gasteiger charge is 2.39. The topological polar surface area (TPSA) is 32.8 Å². The Hall–Kier alpha value is -0.610. The van der Waals surface area contributed by atoms with Crippen LogP contribution in [0.5, 0.6) is 0 Å². The minimum Gasteiger partial charge on any atom is -0.368 e. The molecule has 0 unspecified atom stereocenters. The number of hydrogen-bond donors (Lipinski definition) is 0. The normalized spacial score (nSPS) is 32.8. The zero-order valence-electron chi connectivity index (χ0n) is 12.9. The molecule has 0 radical (unpaired) electrons. The summed E-state index contributed by atoms with van der Waals surface area (Å²) in [5, 5.41) is 0. The number of amides is 1. The molecule has 1 amide bonds. The molecule has 3 fully saturated rings. The van der Waals surface area contributed by atoms with E-state index in [0.717, 1.165) is 31.9 Å². The first-order valence-corrected chi connectivity index (χ1v) is 8.29. The molecule has 114 valence electrons. The average molecular weight is 280 g/mol. The zero-order chi connectivity index (χ0) is 14.1. The van der Waals surface area contributed by atoms with Gasteiger partial charge in [-0.1, -0.05) is 0 Å². The quantitative estimate of drug-likeness (QED) is 0.771. The summed E-state index contributed by atoms with van der Waals surface area (Å²) in [6, 6.07) is 0.985. The van der Waals surface area contributed by atoms with Crippen molar-refractivity contribution >= 4 is 5.91 Å². The summed E-state index contributed by atoms with van der Waals surface area (Å²) in [7, 11) is 2.20. The third kappa shape index (κ3) is 3.01. The van der Waals surface area contributed by atoms with E-state index in [-0.39, 0.29) is 12.0 Å². The van der Waals surface area contributed by atoms with Crippen LogP contribution >= 0.6 is 0 Å². The lowest BCUT2D eigenvalue weighted by atomic mass is 10.0. The summed E-state index contributed by atoms with van der Waals surface area (Å²) < 4.78 is 5.77. The number of carbonyl (C=O) groups excluding carboxylic acids is 1. The van der Waals surface area contributed by atoms with Gasteiger partial charge in [0, 0.05) is 18.6 Å². The lowest BCUT2D eigenvalue weighted by molar-refractivity contribution is -0.144. The molecule has 4 nitrogen and oxygen atoms in total. The van der Waals surface area contributed by atoms with Crippen molar-refractivity contribution in [3.63, 3.8) is 0 Å². The molecule has 1 aliphatic carbocycles. The minimum atomic E-state index is -0.261. The standard InChI is InChI=1S/C16H28N2O2/c1-12(20-11-13-7-8-13)16(19)18-10-4-6-15(18)14-5-3-9-17(14)2/h12-15H,3-11H2,1-2H3/t12-,14+,15+/m0/s1. The highest BCUT2D eigenvalue weighted by atomic mass is 16.5. The minimum absolute atomic E-state index is 0.216. The van der Waals surface area contributed by atoms with E-state index in [1.54, 1.807) is 0 Å². The summed E-state index contributed by atoms with van der Waals surface area (Å²) in [4.78, 5) is 17.2. The first kappa shape index (κ1) is 14.3. The molecule has 0 aromatic rings. The van der Waals surface area contributed by atoms with E-state index in [1.165, 1.54) is 32.2 Å². The smallest absolute Gasteiger partial charge is 0.251 e. The van der Waals surface area contributed by atoms with Gasteiger partial charge in [-0.15, -0.1) is 0 Å². The van der Waals surface area contributed by atoms with E-state index < -0.39 is 0 Å². The molecule has 3 atom stereocenters. The fraction of sp³-hybridized carbons (Fsp3) is 0.938. The predicted molar refractivity (Wildman–Crippen MR) is 78.5 cm³/mol. The van der Waals surface area contributed by atoms with E-state index in [4.69, 9.17) is 4.74 Å². The highest BCUT2D eigenvalue weighted by Crippen LogP contribution is 2.31. The van der Waals surface area contributed by atoms with E-state index in [1.807, 2.05) is 6.92 Å². The van der Waals surface area contributed by atoms with Crippen molar-refractivity contribution in [1.29, 1.82) is 0 Å². The van der Waals surface area contributed by atoms with Crippen LogP contribution in [-0.4, -0.2) is 60.6 Å². The lowest BCUT2D eigenvalue weighted by Crippen LogP contribution is -2.50. The maximum atomic E-state index is 12.6. The second-order valence-electron chi connectivity index (χ2n) is 6.85. The van der Waals surface area contributed by atoms with E-state index in [2.05, 4.69) is 16.8 Å². The Morgan fingerprint density at radius 1 is 1.15 bits per heavy atom. The predicted octanol–water partition coefficient (Wildman–Crippen LogP) is 1.89. The van der Waals surface area contributed by atoms with Crippen LogP contribution in [0.3, 0.4) is 0 Å². The van der Waals surface area contributed by atoms with E-state index >= 15 is 0 Å². The Labute approximate surface area is 122 Å². The number of rotatable bonds is 5. The van der Waals surface area contributed by atoms with Crippen LogP contribution in [-0.2, 0) is 9.53 Å². The summed E-state index contributed by atoms with van der Waals surface area (Å²) >= 11 is 0. The van der Waals surface area contributed by atoms with Gasteiger partial charge in [0.25, 0.3) is 5.91 Å². The van der Waals surface area contributed by atoms with Gasteiger partial charge in [0.15, 0.2) is 0 Å². The van der Waals surface area contributed by atoms with E-state index in [0.29, 0.717) is 12.1 Å². The van der Waals surface area contributed by atoms with Gasteiger partial charge >= 0.3 is 0 Å². The molecular formula is C16H28N2O2. The average Bonchev–Trinajstić information content (AvgIpc) is 2.97. The zero-order valence-corrected chi connectivity index (χ0v) is 12.9. The van der Waals surface area contributed by atoms with Crippen molar-refractivity contribution in [3.8, 4) is 0 Å². The van der Waals surface area contributed by atoms with Gasteiger partial charge in [0.1, 0.15) is 6.10 Å². The number of carbonyl (C=O) groups is 1. The molecule has 0 spiro atoms. The molecule has 0 aromatic heterocycles. The molecule has 3 aliphatic rings. The van der Waals surface area contributed by atoms with Crippen molar-refractivity contribution in [2.75, 3.05) is 26.7 Å². The maximum absolute atomic E-state index is 12.6. The molecule has 2 saturated heterocycles. The van der Waals surface area contributed by atoms with Crippen molar-refractivity contribution in [2.45, 2.75) is 63.6 Å². The number of likely N-dealkylation sites (N-methyl/N-ethyl adjacent to an activating group) is 1. The van der Waals surface area contributed by atoms with Gasteiger partial charge in [0.2, 0.25) is 0 Å². The molecule has 0 N–H and O–H groups in total. The largest absolute Gasteiger partial charge is 0.368 e. The van der Waals surface area contributed by atoms with Gasteiger partial charge in [-0.25, -0.2) is 0 Å². The van der Waals surface area contributed by atoms with Gasteiger partial charge in [-0.3, -0.25) is 4.79 Å². The number of nitrogens with zero attached hydrogens (tertiary/aromatic N) is 2. The molecular weight excluding hydrogens is 252 g/mol. The van der Waals surface area contributed by atoms with Crippen LogP contribution in [0.2, 0.25) is 0 Å². The maximum Gasteiger partial charge on any atom is 0.251 e. The first-order chi connectivity index (χ1) is 9.66. The third-order valence-corrected chi connectivity index (χ3v) is 5.23. The summed E-state index contributed by atoms with van der Waals surface area (Å²) in [5.41, 5.74) is 0. The van der Waals surface area contributed by atoms with Crippen molar-refractivity contribution in [3.05, 3.63) is 0 Å². The van der Waals surface area contributed by atoms with E-state index in [9.17, 15) is 4.79 Å². The monoisotopic (exact) mass is 280 g/mol. The molecule has 2 aliphatic heterocycles. The highest BCUT2D eigenvalue weighted by molar-refractivity contribution is 5.81. The van der Waals surface area contributed by atoms with Crippen LogP contribution in [0.4, 0.5) is 0 Å². The van der Waals surface area contributed by atoms with Crippen LogP contribution in [0.1, 0.15) is 45.4 Å². The van der Waals surface area contributed by atoms with Gasteiger partial charge < -0.3 is 14.5 Å². The fourth-order valence-electron chi connectivity index (χ4n) is 3.76. The summed E-state index contributed by atoms with van der Waals surface area (Å²) in [5.74, 6) is 0.939. The third-order valence-electron chi connectivity index (χ3n) is 5.23. The second-order valence-corrected chi connectivity index (χ2v) is 6.85. The van der Waals surface area contributed by atoms with Crippen LogP contribution < -0.4 is 0 Å². The lowest BCUT2D eigenvalue weighted by Gasteiger charge is -2.34. The second kappa shape index (κ2) is 6.02. The first-order valence-electron chi connectivity index (χ1n) is 8.29. The summed E-state index contributed by atoms with van der Waals surface area (Å²) in [6.45, 7) is 4.80. The number of likely N-dealkylation sites (tertiary alicyclic amines) is 2. The van der Waals surface area contributed by atoms with Crippen molar-refractivity contribution in [2.24, 2.45) is 5.92 Å². The van der Waals surface area contributed by atoms with Gasteiger partial charge in [0.05, 0.1) is 6.61 Å².